The second-order valence-corrected chi connectivity index (χ2v) is 6.39. The molecule has 3 heterocycles. The van der Waals surface area contributed by atoms with Gasteiger partial charge in [0.1, 0.15) is 0 Å². The first kappa shape index (κ1) is 15.8. The van der Waals surface area contributed by atoms with Gasteiger partial charge in [-0.3, -0.25) is 0 Å². The number of rotatable bonds is 4. The van der Waals surface area contributed by atoms with E-state index in [1.54, 1.807) is 6.20 Å². The number of para-hydroxylation sites is 1. The van der Waals surface area contributed by atoms with E-state index in [1.807, 2.05) is 35.3 Å². The van der Waals surface area contributed by atoms with Crippen molar-refractivity contribution in [3.63, 3.8) is 0 Å². The van der Waals surface area contributed by atoms with Crippen LogP contribution in [-0.2, 0) is 0 Å². The van der Waals surface area contributed by atoms with Crippen LogP contribution in [0.25, 0.3) is 16.9 Å². The van der Waals surface area contributed by atoms with Crippen molar-refractivity contribution in [2.75, 3.05) is 18.4 Å². The fraction of sp³-hybridized carbons (Fsp3) is 0.316. The van der Waals surface area contributed by atoms with Crippen LogP contribution in [0, 0.1) is 6.92 Å². The van der Waals surface area contributed by atoms with E-state index >= 15 is 0 Å². The predicted molar refractivity (Wildman–Crippen MR) is 98.8 cm³/mol. The van der Waals surface area contributed by atoms with Crippen molar-refractivity contribution in [3.8, 4) is 16.9 Å². The van der Waals surface area contributed by atoms with Gasteiger partial charge >= 0.3 is 0 Å². The lowest BCUT2D eigenvalue weighted by atomic mass is 10.1. The molecule has 2 aromatic heterocycles. The summed E-state index contributed by atoms with van der Waals surface area (Å²) in [6, 6.07) is 10.6. The van der Waals surface area contributed by atoms with Gasteiger partial charge in [0.05, 0.1) is 17.6 Å². The van der Waals surface area contributed by atoms with Crippen LogP contribution in [-0.4, -0.2) is 38.9 Å². The van der Waals surface area contributed by atoms with Gasteiger partial charge in [0.25, 0.3) is 0 Å². The Morgan fingerprint density at radius 1 is 1.16 bits per heavy atom. The van der Waals surface area contributed by atoms with E-state index in [1.165, 1.54) is 5.56 Å². The van der Waals surface area contributed by atoms with Crippen molar-refractivity contribution in [3.05, 3.63) is 54.5 Å². The SMILES string of the molecule is Cc1ccccc1-n1cc(-c2ccnc(NC3CCNCC3)n2)cn1. The highest BCUT2D eigenvalue weighted by molar-refractivity contribution is 5.59. The highest BCUT2D eigenvalue weighted by Gasteiger charge is 2.14. The topological polar surface area (TPSA) is 67.7 Å². The second kappa shape index (κ2) is 7.03. The van der Waals surface area contributed by atoms with Crippen molar-refractivity contribution < 1.29 is 0 Å². The first-order valence-corrected chi connectivity index (χ1v) is 8.71. The molecule has 3 aromatic rings. The third-order valence-electron chi connectivity index (χ3n) is 4.57. The zero-order chi connectivity index (χ0) is 17.1. The van der Waals surface area contributed by atoms with Gasteiger partial charge in [-0.25, -0.2) is 14.6 Å². The number of aryl methyl sites for hydroxylation is 1. The maximum absolute atomic E-state index is 4.67. The van der Waals surface area contributed by atoms with E-state index in [0.29, 0.717) is 12.0 Å². The minimum Gasteiger partial charge on any atom is -0.351 e. The monoisotopic (exact) mass is 334 g/mol. The van der Waals surface area contributed by atoms with Crippen LogP contribution in [0.15, 0.2) is 48.9 Å². The molecule has 0 bridgehead atoms. The summed E-state index contributed by atoms with van der Waals surface area (Å²) in [5.41, 5.74) is 4.13. The molecule has 1 fully saturated rings. The van der Waals surface area contributed by atoms with Crippen molar-refractivity contribution in [2.24, 2.45) is 0 Å². The molecule has 2 N–H and O–H groups in total. The van der Waals surface area contributed by atoms with E-state index in [2.05, 4.69) is 44.8 Å². The molecular weight excluding hydrogens is 312 g/mol. The van der Waals surface area contributed by atoms with Gasteiger partial charge in [-0.2, -0.15) is 5.10 Å². The second-order valence-electron chi connectivity index (χ2n) is 6.39. The highest BCUT2D eigenvalue weighted by Crippen LogP contribution is 2.21. The molecule has 1 aromatic carbocycles. The Morgan fingerprint density at radius 3 is 2.84 bits per heavy atom. The summed E-state index contributed by atoms with van der Waals surface area (Å²) < 4.78 is 1.90. The minimum absolute atomic E-state index is 0.436. The zero-order valence-electron chi connectivity index (χ0n) is 14.3. The van der Waals surface area contributed by atoms with Crippen LogP contribution in [0.1, 0.15) is 18.4 Å². The number of anilines is 1. The number of nitrogens with one attached hydrogen (secondary N) is 2. The summed E-state index contributed by atoms with van der Waals surface area (Å²) in [7, 11) is 0. The van der Waals surface area contributed by atoms with Crippen LogP contribution in [0.4, 0.5) is 5.95 Å². The lowest BCUT2D eigenvalue weighted by Crippen LogP contribution is -2.35. The summed E-state index contributed by atoms with van der Waals surface area (Å²) in [6.07, 6.45) is 7.86. The predicted octanol–water partition coefficient (Wildman–Crippen LogP) is 2.80. The molecule has 0 saturated carbocycles. The Bertz CT molecular complexity index is 850. The number of hydrogen-bond acceptors (Lipinski definition) is 5. The molecule has 0 radical (unpaired) electrons. The van der Waals surface area contributed by atoms with Crippen LogP contribution >= 0.6 is 0 Å². The smallest absolute Gasteiger partial charge is 0.223 e. The fourth-order valence-electron chi connectivity index (χ4n) is 3.15. The molecule has 1 aliphatic heterocycles. The van der Waals surface area contributed by atoms with Gasteiger partial charge in [-0.05, 0) is 50.6 Å². The van der Waals surface area contributed by atoms with Crippen LogP contribution in [0.5, 0.6) is 0 Å². The molecule has 4 rings (SSSR count). The maximum atomic E-state index is 4.67. The summed E-state index contributed by atoms with van der Waals surface area (Å²) in [5, 5.41) is 11.3. The molecule has 1 saturated heterocycles. The van der Waals surface area contributed by atoms with Crippen molar-refractivity contribution in [1.82, 2.24) is 25.1 Å². The summed E-state index contributed by atoms with van der Waals surface area (Å²) in [6.45, 7) is 4.17. The molecule has 0 atom stereocenters. The highest BCUT2D eigenvalue weighted by atomic mass is 15.3. The average Bonchev–Trinajstić information content (AvgIpc) is 3.13. The van der Waals surface area contributed by atoms with E-state index in [0.717, 1.165) is 42.9 Å². The summed E-state index contributed by atoms with van der Waals surface area (Å²) in [4.78, 5) is 9.04. The lowest BCUT2D eigenvalue weighted by molar-refractivity contribution is 0.477. The van der Waals surface area contributed by atoms with Crippen LogP contribution in [0.3, 0.4) is 0 Å². The van der Waals surface area contributed by atoms with Gasteiger partial charge in [-0.15, -0.1) is 0 Å². The third-order valence-corrected chi connectivity index (χ3v) is 4.57. The number of hydrogen-bond donors (Lipinski definition) is 2. The first-order chi connectivity index (χ1) is 12.3. The molecule has 0 amide bonds. The first-order valence-electron chi connectivity index (χ1n) is 8.71. The van der Waals surface area contributed by atoms with Crippen LogP contribution in [0.2, 0.25) is 0 Å². The van der Waals surface area contributed by atoms with Gasteiger partial charge in [0.2, 0.25) is 5.95 Å². The van der Waals surface area contributed by atoms with E-state index < -0.39 is 0 Å². The van der Waals surface area contributed by atoms with Gasteiger partial charge < -0.3 is 10.6 Å². The Kier molecular flexibility index (Phi) is 4.43. The molecule has 128 valence electrons. The normalized spacial score (nSPS) is 15.2. The number of nitrogens with zero attached hydrogens (tertiary/aromatic N) is 4. The number of benzene rings is 1. The molecule has 6 nitrogen and oxygen atoms in total. The number of aromatic nitrogens is 4. The zero-order valence-corrected chi connectivity index (χ0v) is 14.3. The maximum Gasteiger partial charge on any atom is 0.223 e. The fourth-order valence-corrected chi connectivity index (χ4v) is 3.15. The van der Waals surface area contributed by atoms with Crippen molar-refractivity contribution >= 4 is 5.95 Å². The molecule has 0 spiro atoms. The average molecular weight is 334 g/mol. The van der Waals surface area contributed by atoms with E-state index in [-0.39, 0.29) is 0 Å². The summed E-state index contributed by atoms with van der Waals surface area (Å²) in [5.74, 6) is 0.688. The molecule has 1 aliphatic rings. The molecule has 0 aliphatic carbocycles. The Morgan fingerprint density at radius 2 is 2.00 bits per heavy atom. The van der Waals surface area contributed by atoms with Gasteiger partial charge in [-0.1, -0.05) is 18.2 Å². The molecule has 0 unspecified atom stereocenters. The standard InChI is InChI=1S/C19H22N6/c1-14-4-2-3-5-18(14)25-13-15(12-22-25)17-8-11-21-19(24-17)23-16-6-9-20-10-7-16/h2-5,8,11-13,16,20H,6-7,9-10H2,1H3,(H,21,23,24). The van der Waals surface area contributed by atoms with E-state index in [4.69, 9.17) is 0 Å². The Balaban J connectivity index is 1.56. The summed E-state index contributed by atoms with van der Waals surface area (Å²) >= 11 is 0. The van der Waals surface area contributed by atoms with Gasteiger partial charge in [0, 0.05) is 24.0 Å². The van der Waals surface area contributed by atoms with Gasteiger partial charge in [0.15, 0.2) is 0 Å². The number of piperidine rings is 1. The van der Waals surface area contributed by atoms with E-state index in [9.17, 15) is 0 Å². The Hall–Kier alpha value is -2.73. The lowest BCUT2D eigenvalue weighted by Gasteiger charge is -2.23. The molecule has 6 heteroatoms. The minimum atomic E-state index is 0.436. The van der Waals surface area contributed by atoms with Crippen molar-refractivity contribution in [2.45, 2.75) is 25.8 Å². The molecule has 25 heavy (non-hydrogen) atoms. The largest absolute Gasteiger partial charge is 0.351 e. The van der Waals surface area contributed by atoms with Crippen LogP contribution < -0.4 is 10.6 Å². The quantitative estimate of drug-likeness (QED) is 0.768. The third kappa shape index (κ3) is 3.53. The Labute approximate surface area is 147 Å². The molecular formula is C19H22N6. The van der Waals surface area contributed by atoms with Crippen molar-refractivity contribution in [1.29, 1.82) is 0 Å².